The minimum Gasteiger partial charge on any atom is -0.360 e. The van der Waals surface area contributed by atoms with E-state index in [1.807, 2.05) is 30.3 Å². The van der Waals surface area contributed by atoms with Gasteiger partial charge in [0.25, 0.3) is 0 Å². The lowest BCUT2D eigenvalue weighted by Crippen LogP contribution is -2.45. The molecule has 1 atom stereocenters. The van der Waals surface area contributed by atoms with E-state index in [1.54, 1.807) is 4.90 Å². The highest BCUT2D eigenvalue weighted by Gasteiger charge is 2.24. The molecule has 0 radical (unpaired) electrons. The van der Waals surface area contributed by atoms with Crippen molar-refractivity contribution in [3.8, 4) is 6.07 Å². The van der Waals surface area contributed by atoms with Gasteiger partial charge in [0, 0.05) is 13.1 Å². The minimum atomic E-state index is -0.512. The summed E-state index contributed by atoms with van der Waals surface area (Å²) >= 11 is 0. The largest absolute Gasteiger partial charge is 0.360 e. The van der Waals surface area contributed by atoms with E-state index in [-0.39, 0.29) is 5.91 Å². The summed E-state index contributed by atoms with van der Waals surface area (Å²) in [5.41, 5.74) is 7.60. The number of rotatable bonds is 3. The van der Waals surface area contributed by atoms with Gasteiger partial charge in [0.05, 0.1) is 25.6 Å². The number of amides is 1. The highest BCUT2D eigenvalue weighted by atomic mass is 16.5. The minimum absolute atomic E-state index is 0.0180. The average Bonchev–Trinajstić information content (AvgIpc) is 2.47. The molecule has 1 amide bonds. The molecule has 1 aromatic carbocycles. The maximum atomic E-state index is 12.2. The van der Waals surface area contributed by atoms with Crippen molar-refractivity contribution in [2.45, 2.75) is 19.1 Å². The fraction of sp³-hybridized carbons (Fsp3) is 0.429. The normalized spacial score (nSPS) is 18.9. The van der Waals surface area contributed by atoms with Crippen LogP contribution in [0.1, 0.15) is 11.1 Å². The molecule has 19 heavy (non-hydrogen) atoms. The van der Waals surface area contributed by atoms with Crippen LogP contribution in [0.2, 0.25) is 0 Å². The van der Waals surface area contributed by atoms with Gasteiger partial charge in [0.1, 0.15) is 0 Å². The van der Waals surface area contributed by atoms with Gasteiger partial charge in [-0.25, -0.2) is 0 Å². The summed E-state index contributed by atoms with van der Waals surface area (Å²) < 4.78 is 5.23. The van der Waals surface area contributed by atoms with E-state index < -0.39 is 6.10 Å². The van der Waals surface area contributed by atoms with Crippen LogP contribution < -0.4 is 5.73 Å². The quantitative estimate of drug-likeness (QED) is 0.854. The van der Waals surface area contributed by atoms with Gasteiger partial charge < -0.3 is 15.4 Å². The standard InChI is InChI=1S/C14H17N3O2/c15-8-12-4-2-1-3-11(12)7-14(18)17-5-6-19-13(9-16)10-17/h1-4,13H,5-8,10,15H2. The molecule has 0 aliphatic carbocycles. The summed E-state index contributed by atoms with van der Waals surface area (Å²) in [4.78, 5) is 13.9. The number of benzene rings is 1. The highest BCUT2D eigenvalue weighted by molar-refractivity contribution is 5.79. The monoisotopic (exact) mass is 259 g/mol. The summed E-state index contributed by atoms with van der Waals surface area (Å²) in [5.74, 6) is 0.0180. The SMILES string of the molecule is N#CC1CN(C(=O)Cc2ccccc2CN)CCO1. The van der Waals surface area contributed by atoms with Crippen LogP contribution in [0.4, 0.5) is 0 Å². The number of carbonyl (C=O) groups is 1. The zero-order chi connectivity index (χ0) is 13.7. The first-order chi connectivity index (χ1) is 9.24. The van der Waals surface area contributed by atoms with Gasteiger partial charge in [-0.2, -0.15) is 5.26 Å². The molecule has 2 rings (SSSR count). The number of nitriles is 1. The fourth-order valence-electron chi connectivity index (χ4n) is 2.16. The van der Waals surface area contributed by atoms with Crippen LogP contribution in [0.3, 0.4) is 0 Å². The Morgan fingerprint density at radius 3 is 2.89 bits per heavy atom. The summed E-state index contributed by atoms with van der Waals surface area (Å²) in [6, 6.07) is 9.70. The van der Waals surface area contributed by atoms with Crippen LogP contribution in [0.15, 0.2) is 24.3 Å². The Balaban J connectivity index is 2.03. The second-order valence-corrected chi connectivity index (χ2v) is 4.48. The van der Waals surface area contributed by atoms with Crippen molar-refractivity contribution in [1.29, 1.82) is 5.26 Å². The van der Waals surface area contributed by atoms with Crippen molar-refractivity contribution in [3.05, 3.63) is 35.4 Å². The molecule has 0 bridgehead atoms. The van der Waals surface area contributed by atoms with Crippen LogP contribution in [0, 0.1) is 11.3 Å². The van der Waals surface area contributed by atoms with Gasteiger partial charge in [0.2, 0.25) is 5.91 Å². The van der Waals surface area contributed by atoms with Crippen molar-refractivity contribution >= 4 is 5.91 Å². The van der Waals surface area contributed by atoms with Crippen LogP contribution in [-0.4, -0.2) is 36.6 Å². The molecule has 0 saturated carbocycles. The molecule has 0 aromatic heterocycles. The molecular formula is C14H17N3O2. The van der Waals surface area contributed by atoms with E-state index in [0.717, 1.165) is 11.1 Å². The molecule has 1 heterocycles. The molecule has 1 unspecified atom stereocenters. The average molecular weight is 259 g/mol. The maximum Gasteiger partial charge on any atom is 0.227 e. The van der Waals surface area contributed by atoms with Gasteiger partial charge in [-0.3, -0.25) is 4.79 Å². The number of morpholine rings is 1. The van der Waals surface area contributed by atoms with E-state index in [4.69, 9.17) is 15.7 Å². The molecule has 1 fully saturated rings. The number of nitrogens with zero attached hydrogens (tertiary/aromatic N) is 2. The Morgan fingerprint density at radius 2 is 2.21 bits per heavy atom. The molecule has 1 aliphatic rings. The molecule has 1 saturated heterocycles. The Kier molecular flexibility index (Phi) is 4.50. The number of hydrogen-bond donors (Lipinski definition) is 1. The summed E-state index contributed by atoms with van der Waals surface area (Å²) in [6.07, 6.45) is -0.187. The zero-order valence-electron chi connectivity index (χ0n) is 10.7. The first kappa shape index (κ1) is 13.5. The second kappa shape index (κ2) is 6.32. The van der Waals surface area contributed by atoms with Crippen LogP contribution in [-0.2, 0) is 22.5 Å². The Bertz CT molecular complexity index is 496. The number of ether oxygens (including phenoxy) is 1. The molecule has 5 nitrogen and oxygen atoms in total. The highest BCUT2D eigenvalue weighted by Crippen LogP contribution is 2.12. The molecular weight excluding hydrogens is 242 g/mol. The van der Waals surface area contributed by atoms with E-state index >= 15 is 0 Å². The Labute approximate surface area is 112 Å². The zero-order valence-corrected chi connectivity index (χ0v) is 10.7. The molecule has 2 N–H and O–H groups in total. The van der Waals surface area contributed by atoms with E-state index in [0.29, 0.717) is 32.7 Å². The third kappa shape index (κ3) is 3.31. The lowest BCUT2D eigenvalue weighted by molar-refractivity contribution is -0.136. The predicted molar refractivity (Wildman–Crippen MR) is 70.0 cm³/mol. The topological polar surface area (TPSA) is 79.4 Å². The van der Waals surface area contributed by atoms with Crippen molar-refractivity contribution in [2.75, 3.05) is 19.7 Å². The Morgan fingerprint density at radius 1 is 1.47 bits per heavy atom. The van der Waals surface area contributed by atoms with Gasteiger partial charge >= 0.3 is 0 Å². The number of hydrogen-bond acceptors (Lipinski definition) is 4. The number of carbonyl (C=O) groups excluding carboxylic acids is 1. The van der Waals surface area contributed by atoms with Gasteiger partial charge in [-0.15, -0.1) is 0 Å². The molecule has 0 spiro atoms. The third-order valence-electron chi connectivity index (χ3n) is 3.24. The van der Waals surface area contributed by atoms with Crippen molar-refractivity contribution < 1.29 is 9.53 Å². The van der Waals surface area contributed by atoms with Crippen molar-refractivity contribution in [3.63, 3.8) is 0 Å². The Hall–Kier alpha value is -1.90. The molecule has 5 heteroatoms. The summed E-state index contributed by atoms with van der Waals surface area (Å²) in [5, 5.41) is 8.83. The van der Waals surface area contributed by atoms with Crippen LogP contribution in [0.25, 0.3) is 0 Å². The van der Waals surface area contributed by atoms with Crippen molar-refractivity contribution in [2.24, 2.45) is 5.73 Å². The summed E-state index contributed by atoms with van der Waals surface area (Å²) in [6.45, 7) is 1.73. The first-order valence-electron chi connectivity index (χ1n) is 6.30. The molecule has 100 valence electrons. The molecule has 1 aromatic rings. The van der Waals surface area contributed by atoms with Gasteiger partial charge in [-0.1, -0.05) is 24.3 Å². The van der Waals surface area contributed by atoms with Crippen molar-refractivity contribution in [1.82, 2.24) is 4.90 Å². The smallest absolute Gasteiger partial charge is 0.227 e. The lowest BCUT2D eigenvalue weighted by atomic mass is 10.0. The van der Waals surface area contributed by atoms with Crippen LogP contribution in [0.5, 0.6) is 0 Å². The first-order valence-corrected chi connectivity index (χ1v) is 6.30. The van der Waals surface area contributed by atoms with Crippen LogP contribution >= 0.6 is 0 Å². The lowest BCUT2D eigenvalue weighted by Gasteiger charge is -2.30. The van der Waals surface area contributed by atoms with Gasteiger partial charge in [0.15, 0.2) is 6.10 Å². The predicted octanol–water partition coefficient (Wildman–Crippen LogP) is 0.439. The molecule has 1 aliphatic heterocycles. The number of nitrogens with two attached hydrogens (primary N) is 1. The van der Waals surface area contributed by atoms with Gasteiger partial charge in [-0.05, 0) is 11.1 Å². The third-order valence-corrected chi connectivity index (χ3v) is 3.24. The fourth-order valence-corrected chi connectivity index (χ4v) is 2.16. The van der Waals surface area contributed by atoms with E-state index in [9.17, 15) is 4.79 Å². The van der Waals surface area contributed by atoms with E-state index in [1.165, 1.54) is 0 Å². The van der Waals surface area contributed by atoms with E-state index in [2.05, 4.69) is 0 Å². The summed E-state index contributed by atoms with van der Waals surface area (Å²) in [7, 11) is 0. The second-order valence-electron chi connectivity index (χ2n) is 4.48. The maximum absolute atomic E-state index is 12.2.